The summed E-state index contributed by atoms with van der Waals surface area (Å²) in [5.41, 5.74) is 9.30. The van der Waals surface area contributed by atoms with Gasteiger partial charge in [0, 0.05) is 56.0 Å². The second-order valence-corrected chi connectivity index (χ2v) is 9.09. The molecule has 17 heteroatoms. The Kier molecular flexibility index (Phi) is 10.8. The van der Waals surface area contributed by atoms with Crippen molar-refractivity contribution in [3.63, 3.8) is 0 Å². The number of anilines is 2. The number of nitrogens with one attached hydrogen (secondary N) is 2. The number of nitrogens with two attached hydrogens (primary N) is 2. The summed E-state index contributed by atoms with van der Waals surface area (Å²) in [4.78, 5) is 60.9. The van der Waals surface area contributed by atoms with Crippen LogP contribution in [0.1, 0.15) is 33.6 Å². The number of carbonyl (C=O) groups is 3. The summed E-state index contributed by atoms with van der Waals surface area (Å²) in [6.45, 7) is 0.716. The topological polar surface area (TPSA) is 259 Å². The summed E-state index contributed by atoms with van der Waals surface area (Å²) < 4.78 is 5.67. The number of carbonyl (C=O) groups excluding carboxylic acids is 2. The Morgan fingerprint density at radius 1 is 1.02 bits per heavy atom. The number of aromatic nitrogens is 1. The molecule has 0 spiro atoms. The van der Waals surface area contributed by atoms with E-state index >= 15 is 0 Å². The number of nitro groups is 2. The Hall–Kier alpha value is -5.92. The van der Waals surface area contributed by atoms with Crippen LogP contribution in [0.15, 0.2) is 36.5 Å². The van der Waals surface area contributed by atoms with Gasteiger partial charge in [0.25, 0.3) is 11.6 Å². The molecule has 1 aliphatic rings. The fourth-order valence-corrected chi connectivity index (χ4v) is 4.04. The summed E-state index contributed by atoms with van der Waals surface area (Å²) in [7, 11) is 0. The minimum Gasteiger partial charge on any atom is -0.478 e. The highest BCUT2D eigenvalue weighted by Gasteiger charge is 2.23. The number of pyridine rings is 1. The lowest BCUT2D eigenvalue weighted by atomic mass is 9.98. The number of hydrogen-bond donors (Lipinski definition) is 5. The highest BCUT2D eigenvalue weighted by molar-refractivity contribution is 5.96. The smallest absolute Gasteiger partial charge is 0.407 e. The van der Waals surface area contributed by atoms with Gasteiger partial charge in [-0.2, -0.15) is 0 Å². The normalized spacial score (nSPS) is 13.1. The van der Waals surface area contributed by atoms with E-state index in [1.54, 1.807) is 12.2 Å². The molecule has 226 valence electrons. The number of ether oxygens (including phenoxy) is 1. The van der Waals surface area contributed by atoms with Crippen LogP contribution in [0, 0.1) is 38.0 Å². The maximum Gasteiger partial charge on any atom is 0.407 e. The Labute approximate surface area is 244 Å². The van der Waals surface area contributed by atoms with Crippen molar-refractivity contribution in [2.75, 3.05) is 43.4 Å². The van der Waals surface area contributed by atoms with Crippen molar-refractivity contribution in [1.82, 2.24) is 9.88 Å². The van der Waals surface area contributed by atoms with Gasteiger partial charge in [0.2, 0.25) is 11.7 Å². The predicted molar refractivity (Wildman–Crippen MR) is 153 cm³/mol. The first kappa shape index (κ1) is 31.6. The summed E-state index contributed by atoms with van der Waals surface area (Å²) >= 11 is 0. The average Bonchev–Trinajstić information content (AvgIpc) is 2.97. The highest BCUT2D eigenvalue weighted by atomic mass is 16.6. The number of rotatable bonds is 12. The van der Waals surface area contributed by atoms with Gasteiger partial charge in [-0.3, -0.25) is 29.8 Å². The van der Waals surface area contributed by atoms with E-state index in [1.807, 2.05) is 0 Å². The molecule has 0 radical (unpaired) electrons. The first-order valence-electron chi connectivity index (χ1n) is 12.8. The van der Waals surface area contributed by atoms with E-state index in [1.165, 1.54) is 11.0 Å². The van der Waals surface area contributed by atoms with Crippen LogP contribution in [0.3, 0.4) is 0 Å². The lowest BCUT2D eigenvalue weighted by molar-refractivity contribution is -0.384. The van der Waals surface area contributed by atoms with Crippen LogP contribution in [-0.4, -0.2) is 75.5 Å². The minimum absolute atomic E-state index is 0.0245. The van der Waals surface area contributed by atoms with Gasteiger partial charge in [0.15, 0.2) is 11.4 Å². The van der Waals surface area contributed by atoms with E-state index in [0.717, 1.165) is 18.3 Å². The van der Waals surface area contributed by atoms with Crippen LogP contribution in [0.2, 0.25) is 0 Å². The van der Waals surface area contributed by atoms with Gasteiger partial charge in [-0.05, 0) is 18.9 Å². The van der Waals surface area contributed by atoms with Crippen LogP contribution >= 0.6 is 0 Å². The molecule has 43 heavy (non-hydrogen) atoms. The largest absolute Gasteiger partial charge is 0.478 e. The number of benzene rings is 1. The number of likely N-dealkylation sites (tertiary alicyclic amines) is 1. The third-order valence-electron chi connectivity index (χ3n) is 6.23. The Morgan fingerprint density at radius 3 is 2.21 bits per heavy atom. The van der Waals surface area contributed by atoms with Gasteiger partial charge in [0.1, 0.15) is 6.61 Å². The van der Waals surface area contributed by atoms with Crippen LogP contribution in [-0.2, 0) is 0 Å². The zero-order valence-corrected chi connectivity index (χ0v) is 22.6. The molecule has 1 aromatic heterocycles. The van der Waals surface area contributed by atoms with Crippen molar-refractivity contribution in [2.45, 2.75) is 12.8 Å². The second kappa shape index (κ2) is 14.6. The molecule has 1 saturated heterocycles. The molecule has 0 saturated carbocycles. The third-order valence-corrected chi connectivity index (χ3v) is 6.23. The number of hydrogen-bond acceptors (Lipinski definition) is 11. The molecule has 17 nitrogen and oxygen atoms in total. The molecule has 1 fully saturated rings. The first-order valence-corrected chi connectivity index (χ1v) is 12.8. The highest BCUT2D eigenvalue weighted by Crippen LogP contribution is 2.36. The Balaban J connectivity index is 1.67. The predicted octanol–water partition coefficient (Wildman–Crippen LogP) is 1.95. The molecular formula is C26H28N8O9. The summed E-state index contributed by atoms with van der Waals surface area (Å²) in [5, 5.41) is 37.7. The molecule has 7 N–H and O–H groups in total. The molecule has 0 unspecified atom stereocenters. The molecule has 0 bridgehead atoms. The van der Waals surface area contributed by atoms with Crippen molar-refractivity contribution in [3.8, 4) is 17.6 Å². The van der Waals surface area contributed by atoms with Gasteiger partial charge in [0.05, 0.1) is 15.4 Å². The van der Waals surface area contributed by atoms with Crippen molar-refractivity contribution in [3.05, 3.63) is 67.9 Å². The van der Waals surface area contributed by atoms with Crippen LogP contribution in [0.5, 0.6) is 5.75 Å². The number of nitro benzene ring substituents is 1. The van der Waals surface area contributed by atoms with Gasteiger partial charge in [-0.25, -0.2) is 9.78 Å². The fourth-order valence-electron chi connectivity index (χ4n) is 4.04. The van der Waals surface area contributed by atoms with E-state index in [2.05, 4.69) is 27.5 Å². The zero-order chi connectivity index (χ0) is 31.5. The Bertz CT molecular complexity index is 1510. The number of piperidine rings is 1. The molecule has 1 aliphatic heterocycles. The van der Waals surface area contributed by atoms with Gasteiger partial charge < -0.3 is 36.8 Å². The second-order valence-electron chi connectivity index (χ2n) is 9.09. The lowest BCUT2D eigenvalue weighted by Crippen LogP contribution is -2.37. The molecule has 3 rings (SSSR count). The molecule has 0 atom stereocenters. The molecule has 2 aromatic rings. The number of carboxylic acid groups (broad SMARTS) is 1. The van der Waals surface area contributed by atoms with Crippen LogP contribution in [0.25, 0.3) is 0 Å². The van der Waals surface area contributed by atoms with Crippen LogP contribution < -0.4 is 26.8 Å². The molecule has 2 heterocycles. The van der Waals surface area contributed by atoms with E-state index < -0.39 is 39.1 Å². The third kappa shape index (κ3) is 8.78. The number of amides is 3. The summed E-state index contributed by atoms with van der Waals surface area (Å²) in [6, 6.07) is 3.29. The van der Waals surface area contributed by atoms with Crippen LogP contribution in [0.4, 0.5) is 27.7 Å². The molecular weight excluding hydrogens is 568 g/mol. The monoisotopic (exact) mass is 596 g/mol. The van der Waals surface area contributed by atoms with Gasteiger partial charge >= 0.3 is 11.8 Å². The summed E-state index contributed by atoms with van der Waals surface area (Å²) in [5.74, 6) is 3.95. The van der Waals surface area contributed by atoms with E-state index in [-0.39, 0.29) is 54.0 Å². The Morgan fingerprint density at radius 2 is 1.63 bits per heavy atom. The number of nitrogens with zero attached hydrogens (tertiary/aromatic N) is 4. The fraction of sp³-hybridized carbons (Fsp3) is 0.308. The van der Waals surface area contributed by atoms with E-state index in [4.69, 9.17) is 21.3 Å². The lowest BCUT2D eigenvalue weighted by Gasteiger charge is -2.27. The molecule has 1 aromatic carbocycles. The van der Waals surface area contributed by atoms with Gasteiger partial charge in [-0.15, -0.1) is 0 Å². The van der Waals surface area contributed by atoms with E-state index in [0.29, 0.717) is 25.9 Å². The van der Waals surface area contributed by atoms with Gasteiger partial charge in [-0.1, -0.05) is 24.0 Å². The minimum atomic E-state index is -0.978. The SMILES string of the molecule is NC(=O)c1cnc(NCC=CCNc2c(OCC#CC3CCN(C(=O)O)CC3)cc(C(N)=O)cc2[N+](=O)[O-])c([N+](=O)[O-])c1. The zero-order valence-electron chi connectivity index (χ0n) is 22.6. The van der Waals surface area contributed by atoms with Crippen molar-refractivity contribution in [1.29, 1.82) is 0 Å². The maximum atomic E-state index is 11.8. The van der Waals surface area contributed by atoms with Crippen molar-refractivity contribution in [2.24, 2.45) is 17.4 Å². The van der Waals surface area contributed by atoms with E-state index in [9.17, 15) is 34.6 Å². The van der Waals surface area contributed by atoms with Crippen molar-refractivity contribution < 1.29 is 34.1 Å². The standard InChI is InChI=1S/C26H28N8O9/c27-23(35)17-12-19(33(39)40)22(21(14-17)43-11-3-4-16-5-9-32(10-6-16)26(37)38)29-7-1-2-8-30-25-20(34(41)42)13-18(15-31-25)24(28)36/h1-2,12-16,29H,5-11H2,(H2,27,35)(H2,28,36)(H,30,31)(H,37,38). The molecule has 3 amide bonds. The first-order chi connectivity index (χ1) is 20.5. The van der Waals surface area contributed by atoms with Crippen molar-refractivity contribution >= 4 is 40.8 Å². The average molecular weight is 597 g/mol. The number of primary amides is 2. The quantitative estimate of drug-likeness (QED) is 0.102. The molecule has 0 aliphatic carbocycles. The maximum absolute atomic E-state index is 11.8. The summed E-state index contributed by atoms with van der Waals surface area (Å²) in [6.07, 6.45) is 4.41.